The molecule has 6 atom stereocenters. The predicted octanol–water partition coefficient (Wildman–Crippen LogP) is 4.79. The highest BCUT2D eigenvalue weighted by Crippen LogP contribution is 3.02. The van der Waals surface area contributed by atoms with Gasteiger partial charge in [-0.1, -0.05) is 34.6 Å². The topological polar surface area (TPSA) is 20.2 Å². The van der Waals surface area contributed by atoms with E-state index in [-0.39, 0.29) is 40.4 Å². The second-order valence-electron chi connectivity index (χ2n) is 9.76. The Bertz CT molecular complexity index is 551. The predicted molar refractivity (Wildman–Crippen MR) is 78.0 cm³/mol. The Hall–Kier alpha value is -0.250. The van der Waals surface area contributed by atoms with E-state index in [1.165, 1.54) is 6.92 Å². The molecule has 4 rings (SSSR count). The lowest BCUT2D eigenvalue weighted by Gasteiger charge is -2.35. The summed E-state index contributed by atoms with van der Waals surface area (Å²) in [6, 6.07) is 0. The lowest BCUT2D eigenvalue weighted by atomic mass is 9.76. The van der Waals surface area contributed by atoms with Crippen LogP contribution in [0, 0.1) is 39.4 Å². The zero-order valence-corrected chi connectivity index (χ0v) is 14.1. The second kappa shape index (κ2) is 3.41. The van der Waals surface area contributed by atoms with E-state index in [9.17, 15) is 18.3 Å². The molecule has 0 amide bonds. The minimum Gasteiger partial charge on any atom is -0.380 e. The van der Waals surface area contributed by atoms with Gasteiger partial charge >= 0.3 is 6.18 Å². The first-order chi connectivity index (χ1) is 9.82. The standard InChI is InChI=1S/C18H27F3O/c1-6-16(22,18(19,20)21)8-10-7-15-9-17(10)12(14(17,4)5)11(15)13(15,2)3/h10-12,22H,6-9H2,1-5H3. The van der Waals surface area contributed by atoms with E-state index in [2.05, 4.69) is 27.7 Å². The summed E-state index contributed by atoms with van der Waals surface area (Å²) < 4.78 is 40.0. The molecule has 4 fully saturated rings. The van der Waals surface area contributed by atoms with Crippen LogP contribution in [0.5, 0.6) is 0 Å². The van der Waals surface area contributed by atoms with E-state index in [4.69, 9.17) is 0 Å². The monoisotopic (exact) mass is 316 g/mol. The van der Waals surface area contributed by atoms with Crippen molar-refractivity contribution in [1.29, 1.82) is 0 Å². The molecule has 4 aliphatic carbocycles. The van der Waals surface area contributed by atoms with Gasteiger partial charge in [0.2, 0.25) is 0 Å². The van der Waals surface area contributed by atoms with Gasteiger partial charge in [-0.2, -0.15) is 13.2 Å². The van der Waals surface area contributed by atoms with Crippen LogP contribution in [0.4, 0.5) is 13.2 Å². The average Bonchev–Trinajstić information content (AvgIpc) is 2.89. The van der Waals surface area contributed by atoms with Crippen molar-refractivity contribution in [3.05, 3.63) is 0 Å². The van der Waals surface area contributed by atoms with Gasteiger partial charge in [0.15, 0.2) is 5.60 Å². The maximum atomic E-state index is 13.3. The van der Waals surface area contributed by atoms with E-state index in [1.807, 2.05) is 0 Å². The molecular weight excluding hydrogens is 289 g/mol. The van der Waals surface area contributed by atoms with Gasteiger partial charge in [0.1, 0.15) is 0 Å². The lowest BCUT2D eigenvalue weighted by molar-refractivity contribution is -0.268. The smallest absolute Gasteiger partial charge is 0.380 e. The van der Waals surface area contributed by atoms with Crippen molar-refractivity contribution < 1.29 is 18.3 Å². The number of hydrogen-bond acceptors (Lipinski definition) is 1. The molecule has 0 aromatic rings. The molecule has 4 heteroatoms. The zero-order chi connectivity index (χ0) is 16.6. The Labute approximate surface area is 130 Å². The lowest BCUT2D eigenvalue weighted by Crippen LogP contribution is -2.47. The maximum absolute atomic E-state index is 13.3. The summed E-state index contributed by atoms with van der Waals surface area (Å²) in [7, 11) is 0. The fraction of sp³-hybridized carbons (Fsp3) is 1.00. The van der Waals surface area contributed by atoms with Gasteiger partial charge in [-0.15, -0.1) is 0 Å². The van der Waals surface area contributed by atoms with Gasteiger partial charge in [-0.25, -0.2) is 0 Å². The van der Waals surface area contributed by atoms with Crippen LogP contribution < -0.4 is 0 Å². The second-order valence-corrected chi connectivity index (χ2v) is 9.76. The van der Waals surface area contributed by atoms with E-state index >= 15 is 0 Å². The van der Waals surface area contributed by atoms with Crippen molar-refractivity contribution in [2.75, 3.05) is 0 Å². The number of halogens is 3. The van der Waals surface area contributed by atoms with Crippen LogP contribution in [-0.4, -0.2) is 16.9 Å². The van der Waals surface area contributed by atoms with Gasteiger partial charge in [0, 0.05) is 0 Å². The third-order valence-electron chi connectivity index (χ3n) is 9.00. The Morgan fingerprint density at radius 1 is 1.05 bits per heavy atom. The van der Waals surface area contributed by atoms with E-state index in [1.54, 1.807) is 0 Å². The SMILES string of the molecule is CCC(O)(CC1CC23CC14C(C2C3(C)C)C4(C)C)C(F)(F)F. The van der Waals surface area contributed by atoms with Crippen LogP contribution in [0.2, 0.25) is 0 Å². The summed E-state index contributed by atoms with van der Waals surface area (Å²) in [6.07, 6.45) is -2.88. The van der Waals surface area contributed by atoms with Crippen molar-refractivity contribution in [2.24, 2.45) is 39.4 Å². The first-order valence-electron chi connectivity index (χ1n) is 8.61. The number of fused-ring (bicyclic) bond motifs is 1. The van der Waals surface area contributed by atoms with Crippen molar-refractivity contribution >= 4 is 0 Å². The quantitative estimate of drug-likeness (QED) is 0.794. The molecule has 1 nitrogen and oxygen atoms in total. The molecule has 0 heterocycles. The van der Waals surface area contributed by atoms with Gasteiger partial charge in [-0.3, -0.25) is 0 Å². The molecule has 22 heavy (non-hydrogen) atoms. The van der Waals surface area contributed by atoms with Crippen LogP contribution >= 0.6 is 0 Å². The molecule has 0 aliphatic heterocycles. The van der Waals surface area contributed by atoms with Gasteiger partial charge in [0.25, 0.3) is 0 Å². The molecule has 126 valence electrons. The largest absolute Gasteiger partial charge is 0.417 e. The van der Waals surface area contributed by atoms with E-state index in [0.717, 1.165) is 12.8 Å². The minimum absolute atomic E-state index is 0.0251. The molecule has 0 saturated heterocycles. The first-order valence-corrected chi connectivity index (χ1v) is 8.61. The summed E-state index contributed by atoms with van der Waals surface area (Å²) in [4.78, 5) is 0. The normalized spacial score (nSPS) is 52.0. The van der Waals surface area contributed by atoms with Gasteiger partial charge in [0.05, 0.1) is 0 Å². The fourth-order valence-electron chi connectivity index (χ4n) is 7.70. The number of hydrogen-bond donors (Lipinski definition) is 1. The number of aliphatic hydroxyl groups is 1. The van der Waals surface area contributed by atoms with Crippen molar-refractivity contribution in [1.82, 2.24) is 0 Å². The summed E-state index contributed by atoms with van der Waals surface area (Å²) in [5, 5.41) is 10.3. The third kappa shape index (κ3) is 1.21. The first kappa shape index (κ1) is 15.3. The third-order valence-corrected chi connectivity index (χ3v) is 9.00. The van der Waals surface area contributed by atoms with Crippen LogP contribution in [-0.2, 0) is 0 Å². The van der Waals surface area contributed by atoms with Crippen LogP contribution in [0.1, 0.15) is 60.3 Å². The molecule has 6 unspecified atom stereocenters. The fourth-order valence-corrected chi connectivity index (χ4v) is 7.70. The summed E-state index contributed by atoms with van der Waals surface area (Å²) in [5.74, 6) is 1.30. The Morgan fingerprint density at radius 3 is 2.09 bits per heavy atom. The summed E-state index contributed by atoms with van der Waals surface area (Å²) in [6.45, 7) is 10.5. The molecule has 4 saturated carbocycles. The number of rotatable bonds is 3. The van der Waals surface area contributed by atoms with E-state index in [0.29, 0.717) is 11.8 Å². The highest BCUT2D eigenvalue weighted by molar-refractivity contribution is 5.44. The molecule has 0 aromatic carbocycles. The molecular formula is C18H27F3O. The van der Waals surface area contributed by atoms with E-state index < -0.39 is 11.8 Å². The van der Waals surface area contributed by atoms with Crippen LogP contribution in [0.25, 0.3) is 0 Å². The highest BCUT2D eigenvalue weighted by Gasteiger charge is 2.97. The molecule has 2 bridgehead atoms. The van der Waals surface area contributed by atoms with Crippen LogP contribution in [0.3, 0.4) is 0 Å². The highest BCUT2D eigenvalue weighted by atomic mass is 19.4. The molecule has 2 spiro atoms. The Kier molecular flexibility index (Phi) is 2.37. The van der Waals surface area contributed by atoms with Crippen molar-refractivity contribution in [2.45, 2.75) is 72.1 Å². The van der Waals surface area contributed by atoms with Crippen LogP contribution in [0.15, 0.2) is 0 Å². The van der Waals surface area contributed by atoms with Crippen molar-refractivity contribution in [3.8, 4) is 0 Å². The molecule has 1 N–H and O–H groups in total. The number of alkyl halides is 3. The maximum Gasteiger partial charge on any atom is 0.417 e. The average molecular weight is 316 g/mol. The minimum atomic E-state index is -4.52. The molecule has 4 aliphatic rings. The summed E-state index contributed by atoms with van der Waals surface area (Å²) in [5.41, 5.74) is -1.73. The Balaban J connectivity index is 1.67. The zero-order valence-electron chi connectivity index (χ0n) is 14.1. The van der Waals surface area contributed by atoms with Crippen molar-refractivity contribution in [3.63, 3.8) is 0 Å². The Morgan fingerprint density at radius 2 is 1.64 bits per heavy atom. The molecule has 0 aromatic heterocycles. The summed E-state index contributed by atoms with van der Waals surface area (Å²) >= 11 is 0. The van der Waals surface area contributed by atoms with Gasteiger partial charge < -0.3 is 5.11 Å². The van der Waals surface area contributed by atoms with Gasteiger partial charge in [-0.05, 0) is 65.1 Å². The molecule has 0 radical (unpaired) electrons.